The van der Waals surface area contributed by atoms with E-state index in [2.05, 4.69) is 31.9 Å². The van der Waals surface area contributed by atoms with E-state index in [-0.39, 0.29) is 38.5 Å². The van der Waals surface area contributed by atoms with Crippen LogP contribution in [0.3, 0.4) is 0 Å². The summed E-state index contributed by atoms with van der Waals surface area (Å²) in [4.78, 5) is 94.4. The summed E-state index contributed by atoms with van der Waals surface area (Å²) in [5, 5.41) is 26.1. The van der Waals surface area contributed by atoms with Crippen LogP contribution in [0.4, 0.5) is 0 Å². The van der Waals surface area contributed by atoms with E-state index in [0.717, 1.165) is 6.42 Å². The maximum atomic E-state index is 14.1. The number of nitrogens with one attached hydrogen (secondary N) is 6. The zero-order valence-corrected chi connectivity index (χ0v) is 38.0. The minimum atomic E-state index is -1.19. The largest absolute Gasteiger partial charge is 0.480 e. The second kappa shape index (κ2) is 37.4. The molecule has 6 amide bonds. The SMILES string of the molecule is CCCC[C@H](NC(=O)[C@H](CCCCN)NC(=O)[C@H](CCCCN)NC(=O)[C@H](CCCCN)NC(=O)[C@H](CCCCN)NC(=O)[C@H](CCCCN)NC(=O)[C@@H](N)CCCCN)C(=O)O. The van der Waals surface area contributed by atoms with Crippen LogP contribution in [0.15, 0.2) is 0 Å². The molecule has 0 unspecified atom stereocenters. The fraction of sp³-hybridized carbons (Fsp3) is 0.833. The summed E-state index contributed by atoms with van der Waals surface area (Å²) in [7, 11) is 0. The molecule has 0 spiro atoms. The standard InChI is InChI=1S/C42H85N13O8/c1-2-3-17-35(42(62)63)55-41(61)34(22-9-15-28-48)54-40(60)33(21-8-14-27-47)53-39(59)32(20-7-13-26-46)52-38(58)31(19-6-12-25-45)51-37(57)30(18-5-11-24-44)50-36(56)29(49)16-4-10-23-43/h29-35H,2-28,43-49H2,1H3,(H,50,56)(H,51,57)(H,52,58)(H,53,59)(H,54,60)(H,55,61)(H,62,63)/t29-,30-,31-,32-,33-,34-,35-/m0/s1. The van der Waals surface area contributed by atoms with Crippen molar-refractivity contribution in [1.82, 2.24) is 31.9 Å². The highest BCUT2D eigenvalue weighted by Crippen LogP contribution is 2.11. The first-order valence-corrected chi connectivity index (χ1v) is 23.3. The summed E-state index contributed by atoms with van der Waals surface area (Å²) in [6.07, 6.45) is 9.20. The predicted molar refractivity (Wildman–Crippen MR) is 244 cm³/mol. The van der Waals surface area contributed by atoms with Gasteiger partial charge in [0.05, 0.1) is 6.04 Å². The monoisotopic (exact) mass is 900 g/mol. The Kier molecular flexibility index (Phi) is 35.0. The van der Waals surface area contributed by atoms with Gasteiger partial charge < -0.3 is 77.1 Å². The van der Waals surface area contributed by atoms with Crippen LogP contribution in [-0.2, 0) is 33.6 Å². The molecule has 0 bridgehead atoms. The van der Waals surface area contributed by atoms with E-state index >= 15 is 0 Å². The second-order valence-corrected chi connectivity index (χ2v) is 16.2. The van der Waals surface area contributed by atoms with Crippen molar-refractivity contribution >= 4 is 41.4 Å². The summed E-state index contributed by atoms with van der Waals surface area (Å²) in [6.45, 7) is 4.08. The molecule has 7 atom stereocenters. The van der Waals surface area contributed by atoms with E-state index < -0.39 is 83.7 Å². The first kappa shape index (κ1) is 59.0. The van der Waals surface area contributed by atoms with Crippen LogP contribution in [-0.4, -0.2) is 128 Å². The quantitative estimate of drug-likeness (QED) is 0.0304. The maximum Gasteiger partial charge on any atom is 0.326 e. The van der Waals surface area contributed by atoms with E-state index in [0.29, 0.717) is 129 Å². The van der Waals surface area contributed by atoms with Crippen LogP contribution in [0.5, 0.6) is 0 Å². The van der Waals surface area contributed by atoms with Gasteiger partial charge >= 0.3 is 5.97 Å². The number of carbonyl (C=O) groups excluding carboxylic acids is 6. The number of hydrogen-bond donors (Lipinski definition) is 14. The smallest absolute Gasteiger partial charge is 0.326 e. The lowest BCUT2D eigenvalue weighted by Crippen LogP contribution is -2.59. The molecule has 0 fully saturated rings. The fourth-order valence-electron chi connectivity index (χ4n) is 6.75. The summed E-state index contributed by atoms with van der Waals surface area (Å²) in [6, 6.07) is -7.58. The van der Waals surface area contributed by atoms with Crippen molar-refractivity contribution in [1.29, 1.82) is 0 Å². The molecule has 0 aliphatic carbocycles. The number of rotatable bonds is 40. The van der Waals surface area contributed by atoms with E-state index in [9.17, 15) is 38.7 Å². The Morgan fingerprint density at radius 2 is 0.571 bits per heavy atom. The first-order valence-electron chi connectivity index (χ1n) is 23.3. The Morgan fingerprint density at radius 1 is 0.349 bits per heavy atom. The molecule has 63 heavy (non-hydrogen) atoms. The lowest BCUT2D eigenvalue weighted by Gasteiger charge is -2.28. The van der Waals surface area contributed by atoms with Crippen LogP contribution in [0.1, 0.15) is 142 Å². The molecular weight excluding hydrogens is 815 g/mol. The molecule has 0 aliphatic heterocycles. The normalized spacial score (nSPS) is 14.5. The van der Waals surface area contributed by atoms with Gasteiger partial charge in [0.1, 0.15) is 36.3 Å². The number of hydrogen-bond acceptors (Lipinski definition) is 14. The van der Waals surface area contributed by atoms with Crippen LogP contribution in [0, 0.1) is 0 Å². The van der Waals surface area contributed by atoms with Crippen molar-refractivity contribution in [3.8, 4) is 0 Å². The van der Waals surface area contributed by atoms with Crippen LogP contribution < -0.4 is 72.0 Å². The van der Waals surface area contributed by atoms with E-state index in [4.69, 9.17) is 40.1 Å². The van der Waals surface area contributed by atoms with E-state index in [1.54, 1.807) is 0 Å². The molecular formula is C42H85N13O8. The molecule has 0 aromatic carbocycles. The average Bonchev–Trinajstić information content (AvgIpc) is 3.25. The molecule has 366 valence electrons. The number of carboxylic acids is 1. The Labute approximate surface area is 374 Å². The van der Waals surface area contributed by atoms with E-state index in [1.165, 1.54) is 0 Å². The third-order valence-corrected chi connectivity index (χ3v) is 10.7. The molecule has 21 N–H and O–H groups in total. The van der Waals surface area contributed by atoms with Gasteiger partial charge in [0, 0.05) is 0 Å². The maximum absolute atomic E-state index is 14.1. The van der Waals surface area contributed by atoms with Crippen LogP contribution in [0.25, 0.3) is 0 Å². The number of unbranched alkanes of at least 4 members (excludes halogenated alkanes) is 7. The van der Waals surface area contributed by atoms with Crippen molar-refractivity contribution < 1.29 is 38.7 Å². The Bertz CT molecular complexity index is 1310. The molecule has 0 aliphatic rings. The highest BCUT2D eigenvalue weighted by molar-refractivity contribution is 5.97. The lowest BCUT2D eigenvalue weighted by molar-refractivity contribution is -0.142. The highest BCUT2D eigenvalue weighted by Gasteiger charge is 2.33. The Balaban J connectivity index is 6.50. The number of amides is 6. The molecule has 0 saturated heterocycles. The van der Waals surface area contributed by atoms with Crippen LogP contribution >= 0.6 is 0 Å². The average molecular weight is 900 g/mol. The number of carbonyl (C=O) groups is 7. The van der Waals surface area contributed by atoms with Crippen LogP contribution in [0.2, 0.25) is 0 Å². The predicted octanol–water partition coefficient (Wildman–Crippen LogP) is -1.73. The zero-order valence-electron chi connectivity index (χ0n) is 38.0. The number of carboxylic acid groups (broad SMARTS) is 1. The molecule has 21 nitrogen and oxygen atoms in total. The topological polar surface area (TPSA) is 394 Å². The molecule has 0 rings (SSSR count). The van der Waals surface area contributed by atoms with Gasteiger partial charge in [-0.2, -0.15) is 0 Å². The van der Waals surface area contributed by atoms with Gasteiger partial charge in [-0.05, 0) is 155 Å². The molecule has 0 aromatic heterocycles. The third kappa shape index (κ3) is 27.1. The molecule has 0 radical (unpaired) electrons. The van der Waals surface area contributed by atoms with Crippen molar-refractivity contribution in [3.63, 3.8) is 0 Å². The van der Waals surface area contributed by atoms with Gasteiger partial charge in [-0.3, -0.25) is 28.8 Å². The Hall–Kier alpha value is -3.99. The van der Waals surface area contributed by atoms with Crippen molar-refractivity contribution in [3.05, 3.63) is 0 Å². The molecule has 0 saturated carbocycles. The van der Waals surface area contributed by atoms with Gasteiger partial charge in [-0.1, -0.05) is 26.2 Å². The van der Waals surface area contributed by atoms with Gasteiger partial charge in [-0.25, -0.2) is 4.79 Å². The zero-order chi connectivity index (χ0) is 47.4. The van der Waals surface area contributed by atoms with E-state index in [1.807, 2.05) is 6.92 Å². The first-order chi connectivity index (χ1) is 30.2. The van der Waals surface area contributed by atoms with Crippen molar-refractivity contribution in [2.45, 2.75) is 184 Å². The second-order valence-electron chi connectivity index (χ2n) is 16.2. The number of aliphatic carboxylic acids is 1. The van der Waals surface area contributed by atoms with Crippen molar-refractivity contribution in [2.24, 2.45) is 40.1 Å². The van der Waals surface area contributed by atoms with Gasteiger partial charge in [0.2, 0.25) is 35.4 Å². The Morgan fingerprint density at radius 3 is 0.810 bits per heavy atom. The summed E-state index contributed by atoms with van der Waals surface area (Å²) in [5.41, 5.74) is 40.3. The summed E-state index contributed by atoms with van der Waals surface area (Å²) in [5.74, 6) is -4.98. The molecule has 0 aromatic rings. The third-order valence-electron chi connectivity index (χ3n) is 10.7. The minimum Gasteiger partial charge on any atom is -0.480 e. The minimum absolute atomic E-state index is 0.146. The summed E-state index contributed by atoms with van der Waals surface area (Å²) < 4.78 is 0. The lowest BCUT2D eigenvalue weighted by atomic mass is 10.0. The van der Waals surface area contributed by atoms with Gasteiger partial charge in [-0.15, -0.1) is 0 Å². The fourth-order valence-corrected chi connectivity index (χ4v) is 6.75. The molecule has 21 heteroatoms. The highest BCUT2D eigenvalue weighted by atomic mass is 16.4. The van der Waals surface area contributed by atoms with Gasteiger partial charge in [0.15, 0.2) is 0 Å². The van der Waals surface area contributed by atoms with Crippen molar-refractivity contribution in [2.75, 3.05) is 39.3 Å². The molecule has 0 heterocycles. The summed E-state index contributed by atoms with van der Waals surface area (Å²) >= 11 is 0. The van der Waals surface area contributed by atoms with Gasteiger partial charge in [0.25, 0.3) is 0 Å². The number of nitrogens with two attached hydrogens (primary N) is 7.